The SMILES string of the molecule is CC[C@@H](Nc1ccc(C)c(C=O)c1)c1ccc(Cl)c(C)c1. The molecule has 2 aromatic carbocycles. The van der Waals surface area contributed by atoms with Gasteiger partial charge in [-0.1, -0.05) is 36.7 Å². The Kier molecular flexibility index (Phi) is 5.03. The Morgan fingerprint density at radius 3 is 2.52 bits per heavy atom. The van der Waals surface area contributed by atoms with Crippen molar-refractivity contribution in [3.8, 4) is 0 Å². The molecular weight excluding hydrogens is 282 g/mol. The predicted octanol–water partition coefficient (Wildman–Crippen LogP) is 5.33. The van der Waals surface area contributed by atoms with E-state index < -0.39 is 0 Å². The quantitative estimate of drug-likeness (QED) is 0.756. The number of nitrogens with one attached hydrogen (secondary N) is 1. The number of aryl methyl sites for hydroxylation is 2. The second kappa shape index (κ2) is 6.77. The molecule has 0 radical (unpaired) electrons. The Morgan fingerprint density at radius 2 is 1.90 bits per heavy atom. The molecule has 2 aromatic rings. The van der Waals surface area contributed by atoms with Gasteiger partial charge in [-0.05, 0) is 55.2 Å². The summed E-state index contributed by atoms with van der Waals surface area (Å²) in [6.45, 7) is 6.08. The van der Waals surface area contributed by atoms with E-state index in [0.717, 1.165) is 40.1 Å². The number of rotatable bonds is 5. The molecule has 3 heteroatoms. The van der Waals surface area contributed by atoms with Crippen LogP contribution in [0.1, 0.15) is 46.4 Å². The van der Waals surface area contributed by atoms with Crippen LogP contribution in [0.5, 0.6) is 0 Å². The third-order valence-electron chi connectivity index (χ3n) is 3.74. The highest BCUT2D eigenvalue weighted by Crippen LogP contribution is 2.26. The van der Waals surface area contributed by atoms with E-state index in [1.807, 2.05) is 44.2 Å². The summed E-state index contributed by atoms with van der Waals surface area (Å²) in [6, 6.07) is 12.2. The molecule has 0 fully saturated rings. The first-order valence-corrected chi connectivity index (χ1v) is 7.51. The van der Waals surface area contributed by atoms with Crippen molar-refractivity contribution in [2.75, 3.05) is 5.32 Å². The fourth-order valence-electron chi connectivity index (χ4n) is 2.36. The lowest BCUT2D eigenvalue weighted by Crippen LogP contribution is -2.10. The molecule has 21 heavy (non-hydrogen) atoms. The van der Waals surface area contributed by atoms with Crippen LogP contribution >= 0.6 is 11.6 Å². The molecule has 0 spiro atoms. The molecule has 2 nitrogen and oxygen atoms in total. The number of carbonyl (C=O) groups excluding carboxylic acids is 1. The number of aldehydes is 1. The monoisotopic (exact) mass is 301 g/mol. The van der Waals surface area contributed by atoms with E-state index >= 15 is 0 Å². The highest BCUT2D eigenvalue weighted by atomic mass is 35.5. The van der Waals surface area contributed by atoms with Gasteiger partial charge in [0.05, 0.1) is 6.04 Å². The molecule has 0 unspecified atom stereocenters. The molecule has 0 amide bonds. The van der Waals surface area contributed by atoms with Gasteiger partial charge in [0.2, 0.25) is 0 Å². The van der Waals surface area contributed by atoms with Crippen molar-refractivity contribution >= 4 is 23.6 Å². The van der Waals surface area contributed by atoms with E-state index in [4.69, 9.17) is 11.6 Å². The highest BCUT2D eigenvalue weighted by Gasteiger charge is 2.11. The van der Waals surface area contributed by atoms with Gasteiger partial charge in [-0.2, -0.15) is 0 Å². The first-order valence-electron chi connectivity index (χ1n) is 7.13. The smallest absolute Gasteiger partial charge is 0.150 e. The van der Waals surface area contributed by atoms with E-state index in [1.54, 1.807) is 0 Å². The number of hydrogen-bond donors (Lipinski definition) is 1. The Bertz CT molecular complexity index is 652. The molecule has 2 rings (SSSR count). The summed E-state index contributed by atoms with van der Waals surface area (Å²) >= 11 is 6.09. The van der Waals surface area contributed by atoms with Gasteiger partial charge in [0.1, 0.15) is 6.29 Å². The molecule has 0 saturated heterocycles. The van der Waals surface area contributed by atoms with E-state index in [1.165, 1.54) is 5.56 Å². The van der Waals surface area contributed by atoms with Crippen LogP contribution in [0.3, 0.4) is 0 Å². The first kappa shape index (κ1) is 15.6. The zero-order chi connectivity index (χ0) is 15.4. The molecule has 0 aliphatic rings. The minimum atomic E-state index is 0.197. The Morgan fingerprint density at radius 1 is 1.14 bits per heavy atom. The van der Waals surface area contributed by atoms with Gasteiger partial charge in [0, 0.05) is 16.3 Å². The Hall–Kier alpha value is -1.80. The van der Waals surface area contributed by atoms with Crippen molar-refractivity contribution in [2.45, 2.75) is 33.2 Å². The van der Waals surface area contributed by atoms with Crippen LogP contribution in [0.4, 0.5) is 5.69 Å². The summed E-state index contributed by atoms with van der Waals surface area (Å²) in [4.78, 5) is 11.0. The predicted molar refractivity (Wildman–Crippen MR) is 89.4 cm³/mol. The molecule has 110 valence electrons. The van der Waals surface area contributed by atoms with E-state index in [-0.39, 0.29) is 6.04 Å². The molecular formula is C18H20ClNO. The van der Waals surface area contributed by atoms with Gasteiger partial charge in [0.25, 0.3) is 0 Å². The first-order chi connectivity index (χ1) is 10.0. The van der Waals surface area contributed by atoms with E-state index in [0.29, 0.717) is 0 Å². The molecule has 0 bridgehead atoms. The lowest BCUT2D eigenvalue weighted by atomic mass is 10.0. The third-order valence-corrected chi connectivity index (χ3v) is 4.16. The summed E-state index contributed by atoms with van der Waals surface area (Å²) in [5.74, 6) is 0. The maximum atomic E-state index is 11.0. The van der Waals surface area contributed by atoms with Crippen molar-refractivity contribution in [1.29, 1.82) is 0 Å². The molecule has 1 atom stereocenters. The molecule has 0 saturated carbocycles. The van der Waals surface area contributed by atoms with Crippen LogP contribution in [-0.4, -0.2) is 6.29 Å². The molecule has 1 N–H and O–H groups in total. The van der Waals surface area contributed by atoms with Crippen LogP contribution in [0, 0.1) is 13.8 Å². The molecule has 0 aliphatic heterocycles. The summed E-state index contributed by atoms with van der Waals surface area (Å²) in [5, 5.41) is 4.28. The van der Waals surface area contributed by atoms with Crippen molar-refractivity contribution in [1.82, 2.24) is 0 Å². The lowest BCUT2D eigenvalue weighted by molar-refractivity contribution is 0.112. The zero-order valence-corrected chi connectivity index (χ0v) is 13.4. The molecule has 0 aromatic heterocycles. The topological polar surface area (TPSA) is 29.1 Å². The fourth-order valence-corrected chi connectivity index (χ4v) is 2.48. The van der Waals surface area contributed by atoms with Gasteiger partial charge < -0.3 is 5.32 Å². The van der Waals surface area contributed by atoms with Crippen molar-refractivity contribution in [3.05, 3.63) is 63.7 Å². The second-order valence-electron chi connectivity index (χ2n) is 5.30. The van der Waals surface area contributed by atoms with Gasteiger partial charge in [-0.15, -0.1) is 0 Å². The average molecular weight is 302 g/mol. The normalized spacial score (nSPS) is 12.0. The van der Waals surface area contributed by atoms with Crippen LogP contribution in [0.2, 0.25) is 5.02 Å². The standard InChI is InChI=1S/C18H20ClNO/c1-4-18(14-6-8-17(19)13(3)9-14)20-16-7-5-12(2)15(10-16)11-21/h5-11,18,20H,4H2,1-3H3/t18-/m1/s1. The fraction of sp³-hybridized carbons (Fsp3) is 0.278. The summed E-state index contributed by atoms with van der Waals surface area (Å²) in [6.07, 6.45) is 1.85. The largest absolute Gasteiger partial charge is 0.378 e. The third kappa shape index (κ3) is 3.64. The van der Waals surface area contributed by atoms with Gasteiger partial charge in [-0.25, -0.2) is 0 Å². The van der Waals surface area contributed by atoms with Crippen LogP contribution in [-0.2, 0) is 0 Å². The number of benzene rings is 2. The van der Waals surface area contributed by atoms with Gasteiger partial charge in [0.15, 0.2) is 0 Å². The summed E-state index contributed by atoms with van der Waals surface area (Å²) < 4.78 is 0. The number of hydrogen-bond acceptors (Lipinski definition) is 2. The van der Waals surface area contributed by atoms with Gasteiger partial charge in [-0.3, -0.25) is 4.79 Å². The lowest BCUT2D eigenvalue weighted by Gasteiger charge is -2.20. The van der Waals surface area contributed by atoms with Crippen LogP contribution in [0.15, 0.2) is 36.4 Å². The Labute approximate surface area is 131 Å². The van der Waals surface area contributed by atoms with Crippen LogP contribution in [0.25, 0.3) is 0 Å². The maximum Gasteiger partial charge on any atom is 0.150 e. The summed E-state index contributed by atoms with van der Waals surface area (Å²) in [7, 11) is 0. The highest BCUT2D eigenvalue weighted by molar-refractivity contribution is 6.31. The number of anilines is 1. The zero-order valence-electron chi connectivity index (χ0n) is 12.6. The van der Waals surface area contributed by atoms with Crippen molar-refractivity contribution in [2.24, 2.45) is 0 Å². The summed E-state index contributed by atoms with van der Waals surface area (Å²) in [5.41, 5.74) is 4.95. The number of carbonyl (C=O) groups is 1. The molecule has 0 aliphatic carbocycles. The Balaban J connectivity index is 2.26. The second-order valence-corrected chi connectivity index (χ2v) is 5.71. The molecule has 0 heterocycles. The van der Waals surface area contributed by atoms with E-state index in [2.05, 4.69) is 18.3 Å². The van der Waals surface area contributed by atoms with Crippen molar-refractivity contribution in [3.63, 3.8) is 0 Å². The van der Waals surface area contributed by atoms with E-state index in [9.17, 15) is 4.79 Å². The van der Waals surface area contributed by atoms with Crippen LogP contribution < -0.4 is 5.32 Å². The van der Waals surface area contributed by atoms with Crippen molar-refractivity contribution < 1.29 is 4.79 Å². The minimum absolute atomic E-state index is 0.197. The van der Waals surface area contributed by atoms with Gasteiger partial charge >= 0.3 is 0 Å². The average Bonchev–Trinajstić information content (AvgIpc) is 2.49. The number of halogens is 1. The minimum Gasteiger partial charge on any atom is -0.378 e. The maximum absolute atomic E-state index is 11.0.